The van der Waals surface area contributed by atoms with Gasteiger partial charge in [0.25, 0.3) is 0 Å². The molecule has 1 N–H and O–H groups in total. The van der Waals surface area contributed by atoms with E-state index < -0.39 is 0 Å². The van der Waals surface area contributed by atoms with E-state index in [0.29, 0.717) is 11.6 Å². The Morgan fingerprint density at radius 2 is 1.89 bits per heavy atom. The van der Waals surface area contributed by atoms with Crippen molar-refractivity contribution in [1.82, 2.24) is 10.2 Å². The van der Waals surface area contributed by atoms with Crippen molar-refractivity contribution in [3.63, 3.8) is 0 Å². The molecule has 5 nitrogen and oxygen atoms in total. The minimum absolute atomic E-state index is 0.127. The first kappa shape index (κ1) is 17.4. The SMILES string of the molecule is Cc1cc2occ(CC(=O)Nc3nnc(Cc4ccccc4)s3)c2cc1C. The number of aryl methyl sites for hydroxylation is 2. The van der Waals surface area contributed by atoms with Gasteiger partial charge in [0.15, 0.2) is 0 Å². The number of fused-ring (bicyclic) bond motifs is 1. The summed E-state index contributed by atoms with van der Waals surface area (Å²) in [4.78, 5) is 12.4. The highest BCUT2D eigenvalue weighted by Crippen LogP contribution is 2.26. The zero-order valence-electron chi connectivity index (χ0n) is 15.2. The Kier molecular flexibility index (Phi) is 4.73. The standard InChI is InChI=1S/C21H19N3O2S/c1-13-8-17-16(12-26-18(17)9-14(13)2)11-19(25)22-21-24-23-20(27-21)10-15-6-4-3-5-7-15/h3-9,12H,10-11H2,1-2H3,(H,22,24,25). The van der Waals surface area contributed by atoms with Crippen molar-refractivity contribution in [1.29, 1.82) is 0 Å². The van der Waals surface area contributed by atoms with Gasteiger partial charge >= 0.3 is 0 Å². The number of hydrogen-bond acceptors (Lipinski definition) is 5. The molecule has 0 unspecified atom stereocenters. The molecule has 2 heterocycles. The van der Waals surface area contributed by atoms with Gasteiger partial charge in [0.05, 0.1) is 12.7 Å². The zero-order chi connectivity index (χ0) is 18.8. The monoisotopic (exact) mass is 377 g/mol. The number of furan rings is 1. The number of rotatable bonds is 5. The quantitative estimate of drug-likeness (QED) is 0.549. The highest BCUT2D eigenvalue weighted by atomic mass is 32.1. The maximum absolute atomic E-state index is 12.4. The largest absolute Gasteiger partial charge is 0.464 e. The number of carbonyl (C=O) groups excluding carboxylic acids is 1. The van der Waals surface area contributed by atoms with Crippen LogP contribution < -0.4 is 5.32 Å². The number of benzene rings is 2. The highest BCUT2D eigenvalue weighted by molar-refractivity contribution is 7.15. The van der Waals surface area contributed by atoms with Crippen LogP contribution in [0.3, 0.4) is 0 Å². The maximum Gasteiger partial charge on any atom is 0.230 e. The Hall–Kier alpha value is -2.99. The highest BCUT2D eigenvalue weighted by Gasteiger charge is 2.14. The molecule has 0 aliphatic carbocycles. The number of amides is 1. The van der Waals surface area contributed by atoms with Gasteiger partial charge in [-0.25, -0.2) is 0 Å². The molecule has 4 rings (SSSR count). The van der Waals surface area contributed by atoms with E-state index >= 15 is 0 Å². The summed E-state index contributed by atoms with van der Waals surface area (Å²) in [5, 5.41) is 13.5. The predicted octanol–water partition coefficient (Wildman–Crippen LogP) is 4.67. The molecule has 0 bridgehead atoms. The molecular formula is C21H19N3O2S. The molecule has 0 saturated carbocycles. The van der Waals surface area contributed by atoms with E-state index in [9.17, 15) is 4.79 Å². The topological polar surface area (TPSA) is 68.0 Å². The molecule has 0 spiro atoms. The summed E-state index contributed by atoms with van der Waals surface area (Å²) >= 11 is 1.40. The van der Waals surface area contributed by atoms with E-state index in [4.69, 9.17) is 4.42 Å². The normalized spacial score (nSPS) is 11.0. The van der Waals surface area contributed by atoms with Gasteiger partial charge in [0.2, 0.25) is 11.0 Å². The lowest BCUT2D eigenvalue weighted by atomic mass is 10.0. The number of hydrogen-bond donors (Lipinski definition) is 1. The lowest BCUT2D eigenvalue weighted by molar-refractivity contribution is -0.115. The van der Waals surface area contributed by atoms with Crippen molar-refractivity contribution < 1.29 is 9.21 Å². The molecule has 0 aliphatic heterocycles. The van der Waals surface area contributed by atoms with E-state index in [1.54, 1.807) is 6.26 Å². The van der Waals surface area contributed by atoms with Crippen LogP contribution in [0.4, 0.5) is 5.13 Å². The molecule has 2 aromatic carbocycles. The minimum atomic E-state index is -0.127. The van der Waals surface area contributed by atoms with Crippen molar-refractivity contribution in [3.8, 4) is 0 Å². The lowest BCUT2D eigenvalue weighted by Crippen LogP contribution is -2.14. The number of nitrogens with one attached hydrogen (secondary N) is 1. The molecule has 0 atom stereocenters. The fourth-order valence-electron chi connectivity index (χ4n) is 2.96. The van der Waals surface area contributed by atoms with Crippen LogP contribution in [-0.2, 0) is 17.6 Å². The first-order valence-electron chi connectivity index (χ1n) is 8.72. The molecule has 0 radical (unpaired) electrons. The Morgan fingerprint density at radius 3 is 2.70 bits per heavy atom. The summed E-state index contributed by atoms with van der Waals surface area (Å²) in [6, 6.07) is 14.2. The Bertz CT molecular complexity index is 1100. The first-order chi connectivity index (χ1) is 13.1. The van der Waals surface area contributed by atoms with Crippen molar-refractivity contribution in [2.45, 2.75) is 26.7 Å². The minimum Gasteiger partial charge on any atom is -0.464 e. The molecule has 136 valence electrons. The fourth-order valence-corrected chi connectivity index (χ4v) is 3.75. The number of anilines is 1. The smallest absolute Gasteiger partial charge is 0.230 e. The molecule has 2 aromatic heterocycles. The molecule has 1 amide bonds. The van der Waals surface area contributed by atoms with Gasteiger partial charge in [-0.15, -0.1) is 10.2 Å². The van der Waals surface area contributed by atoms with Gasteiger partial charge in [0.1, 0.15) is 10.6 Å². The van der Waals surface area contributed by atoms with Crippen molar-refractivity contribution in [3.05, 3.63) is 76.0 Å². The average Bonchev–Trinajstić information content (AvgIpc) is 3.24. The third kappa shape index (κ3) is 3.90. The maximum atomic E-state index is 12.4. The summed E-state index contributed by atoms with van der Waals surface area (Å²) in [6.45, 7) is 4.10. The van der Waals surface area contributed by atoms with E-state index in [2.05, 4.69) is 28.5 Å². The molecule has 6 heteroatoms. The molecule has 0 aliphatic rings. The van der Waals surface area contributed by atoms with Gasteiger partial charge in [-0.3, -0.25) is 4.79 Å². The van der Waals surface area contributed by atoms with Crippen LogP contribution in [0.15, 0.2) is 53.1 Å². The van der Waals surface area contributed by atoms with Gasteiger partial charge < -0.3 is 9.73 Å². The number of carbonyl (C=O) groups is 1. The van der Waals surface area contributed by atoms with Crippen LogP contribution in [0.25, 0.3) is 11.0 Å². The van der Waals surface area contributed by atoms with Gasteiger partial charge in [-0.1, -0.05) is 41.7 Å². The van der Waals surface area contributed by atoms with Crippen molar-refractivity contribution in [2.75, 3.05) is 5.32 Å². The van der Waals surface area contributed by atoms with Crippen LogP contribution in [0.2, 0.25) is 0 Å². The van der Waals surface area contributed by atoms with E-state index in [0.717, 1.165) is 21.5 Å². The molecule has 0 saturated heterocycles. The Balaban J connectivity index is 1.43. The van der Waals surface area contributed by atoms with Crippen LogP contribution in [0.1, 0.15) is 27.3 Å². The van der Waals surface area contributed by atoms with E-state index in [1.807, 2.05) is 43.3 Å². The summed E-state index contributed by atoms with van der Waals surface area (Å²) < 4.78 is 5.60. The zero-order valence-corrected chi connectivity index (χ0v) is 16.0. The summed E-state index contributed by atoms with van der Waals surface area (Å²) in [6.07, 6.45) is 2.60. The first-order valence-corrected chi connectivity index (χ1v) is 9.53. The molecule has 4 aromatic rings. The van der Waals surface area contributed by atoms with Crippen LogP contribution in [0, 0.1) is 13.8 Å². The number of aromatic nitrogens is 2. The van der Waals surface area contributed by atoms with Crippen LogP contribution >= 0.6 is 11.3 Å². The number of nitrogens with zero attached hydrogens (tertiary/aromatic N) is 2. The second kappa shape index (κ2) is 7.32. The molecule has 27 heavy (non-hydrogen) atoms. The average molecular weight is 377 g/mol. The lowest BCUT2D eigenvalue weighted by Gasteiger charge is -2.02. The second-order valence-corrected chi connectivity index (χ2v) is 7.64. The Morgan fingerprint density at radius 1 is 1.11 bits per heavy atom. The summed E-state index contributed by atoms with van der Waals surface area (Å²) in [5.41, 5.74) is 5.21. The van der Waals surface area contributed by atoms with Gasteiger partial charge in [-0.05, 0) is 42.7 Å². The fraction of sp³-hybridized carbons (Fsp3) is 0.190. The van der Waals surface area contributed by atoms with E-state index in [-0.39, 0.29) is 12.3 Å². The van der Waals surface area contributed by atoms with Crippen molar-refractivity contribution in [2.24, 2.45) is 0 Å². The summed E-state index contributed by atoms with van der Waals surface area (Å²) in [7, 11) is 0. The van der Waals surface area contributed by atoms with Crippen molar-refractivity contribution >= 4 is 33.3 Å². The third-order valence-electron chi connectivity index (χ3n) is 4.53. The predicted molar refractivity (Wildman–Crippen MR) is 107 cm³/mol. The van der Waals surface area contributed by atoms with Crippen LogP contribution in [-0.4, -0.2) is 16.1 Å². The Labute approximate surface area is 161 Å². The molecular weight excluding hydrogens is 358 g/mol. The molecule has 0 fully saturated rings. The van der Waals surface area contributed by atoms with E-state index in [1.165, 1.54) is 28.0 Å². The summed E-state index contributed by atoms with van der Waals surface area (Å²) in [5.74, 6) is -0.127. The van der Waals surface area contributed by atoms with Crippen LogP contribution in [0.5, 0.6) is 0 Å². The van der Waals surface area contributed by atoms with Gasteiger partial charge in [-0.2, -0.15) is 0 Å². The van der Waals surface area contributed by atoms with Gasteiger partial charge in [0, 0.05) is 17.4 Å². The third-order valence-corrected chi connectivity index (χ3v) is 5.37. The second-order valence-electron chi connectivity index (χ2n) is 6.58.